The van der Waals surface area contributed by atoms with E-state index in [1.165, 1.54) is 36.8 Å². The third-order valence-electron chi connectivity index (χ3n) is 4.16. The van der Waals surface area contributed by atoms with Crippen molar-refractivity contribution in [3.8, 4) is 11.8 Å². The van der Waals surface area contributed by atoms with Gasteiger partial charge in [0.05, 0.1) is 0 Å². The van der Waals surface area contributed by atoms with Crippen LogP contribution in [0.25, 0.3) is 0 Å². The second-order valence-corrected chi connectivity index (χ2v) is 6.21. The molecule has 2 rings (SSSR count). The van der Waals surface area contributed by atoms with Crippen LogP contribution in [0, 0.1) is 11.8 Å². The Morgan fingerprint density at radius 2 is 1.29 bits per heavy atom. The normalized spacial score (nSPS) is 10.6. The van der Waals surface area contributed by atoms with E-state index in [4.69, 9.17) is 0 Å². The maximum Gasteiger partial charge on any atom is 0.0249 e. The van der Waals surface area contributed by atoms with Gasteiger partial charge in [-0.15, -0.1) is 0 Å². The number of rotatable bonds is 7. The van der Waals surface area contributed by atoms with Crippen molar-refractivity contribution < 1.29 is 0 Å². The van der Waals surface area contributed by atoms with Crippen LogP contribution in [0.4, 0.5) is 0 Å². The van der Waals surface area contributed by atoms with Gasteiger partial charge in [-0.2, -0.15) is 0 Å². The second kappa shape index (κ2) is 10.5. The van der Waals surface area contributed by atoms with Crippen LogP contribution in [0.3, 0.4) is 0 Å². The quantitative estimate of drug-likeness (QED) is 0.318. The molecule has 0 saturated carbocycles. The van der Waals surface area contributed by atoms with Gasteiger partial charge in [-0.1, -0.05) is 68.0 Å². The lowest BCUT2D eigenvalue weighted by Gasteiger charge is -2.00. The van der Waals surface area contributed by atoms with Crippen LogP contribution >= 0.6 is 0 Å². The van der Waals surface area contributed by atoms with Gasteiger partial charge in [0, 0.05) is 11.1 Å². The number of allylic oxidation sites excluding steroid dienone is 2. The fraction of sp³-hybridized carbons (Fsp3) is 0.333. The zero-order chi connectivity index (χ0) is 17.0. The summed E-state index contributed by atoms with van der Waals surface area (Å²) < 4.78 is 0. The highest BCUT2D eigenvalue weighted by Crippen LogP contribution is 2.09. The zero-order valence-electron chi connectivity index (χ0n) is 15.0. The first-order valence-corrected chi connectivity index (χ1v) is 9.13. The summed E-state index contributed by atoms with van der Waals surface area (Å²) in [6.07, 6.45) is 11.6. The number of hydrogen-bond donors (Lipinski definition) is 0. The lowest BCUT2D eigenvalue weighted by molar-refractivity contribution is 0.717. The van der Waals surface area contributed by atoms with Gasteiger partial charge in [-0.25, -0.2) is 0 Å². The number of benzene rings is 2. The Labute approximate surface area is 147 Å². The molecule has 0 aliphatic rings. The predicted molar refractivity (Wildman–Crippen MR) is 105 cm³/mol. The van der Waals surface area contributed by atoms with Gasteiger partial charge in [-0.05, 0) is 68.0 Å². The molecule has 0 nitrogen and oxygen atoms in total. The predicted octanol–water partition coefficient (Wildman–Crippen LogP) is 6.33. The van der Waals surface area contributed by atoms with E-state index in [1.807, 2.05) is 0 Å². The maximum atomic E-state index is 3.27. The van der Waals surface area contributed by atoms with Crippen LogP contribution < -0.4 is 0 Å². The van der Waals surface area contributed by atoms with Crippen molar-refractivity contribution in [2.75, 3.05) is 0 Å². The smallest absolute Gasteiger partial charge is 0.0249 e. The Morgan fingerprint density at radius 1 is 0.750 bits per heavy atom. The van der Waals surface area contributed by atoms with Crippen LogP contribution in [0.2, 0.25) is 0 Å². The van der Waals surface area contributed by atoms with E-state index in [0.29, 0.717) is 0 Å². The maximum absolute atomic E-state index is 3.27. The molecule has 24 heavy (non-hydrogen) atoms. The summed E-state index contributed by atoms with van der Waals surface area (Å²) in [6.45, 7) is 4.31. The molecule has 0 aliphatic heterocycles. The molecule has 2 aromatic carbocycles. The summed E-state index contributed by atoms with van der Waals surface area (Å²) in [4.78, 5) is 0. The molecule has 0 radical (unpaired) electrons. The third-order valence-corrected chi connectivity index (χ3v) is 4.16. The van der Waals surface area contributed by atoms with E-state index in [1.54, 1.807) is 0 Å². The molecule has 2 aromatic rings. The van der Waals surface area contributed by atoms with Crippen molar-refractivity contribution in [3.05, 3.63) is 82.9 Å². The minimum atomic E-state index is 1.08. The molecule has 0 aliphatic carbocycles. The molecule has 0 saturated heterocycles. The van der Waals surface area contributed by atoms with E-state index in [0.717, 1.165) is 24.0 Å². The lowest BCUT2D eigenvalue weighted by atomic mass is 10.0. The molecule has 0 N–H and O–H groups in total. The number of aryl methyl sites for hydroxylation is 2. The minimum Gasteiger partial charge on any atom is -0.0917 e. The van der Waals surface area contributed by atoms with E-state index in [-0.39, 0.29) is 0 Å². The average molecular weight is 316 g/mol. The van der Waals surface area contributed by atoms with Crippen molar-refractivity contribution in [2.45, 2.75) is 52.4 Å². The number of hydrogen-bond acceptors (Lipinski definition) is 0. The highest BCUT2D eigenvalue weighted by Gasteiger charge is 1.94. The summed E-state index contributed by atoms with van der Waals surface area (Å²) in [7, 11) is 0. The molecule has 0 aromatic heterocycles. The Hall–Kier alpha value is -2.26. The van der Waals surface area contributed by atoms with Gasteiger partial charge in [-0.3, -0.25) is 0 Å². The van der Waals surface area contributed by atoms with E-state index in [2.05, 4.69) is 86.4 Å². The first-order chi connectivity index (χ1) is 11.8. The van der Waals surface area contributed by atoms with Crippen LogP contribution in [0.1, 0.15) is 61.8 Å². The van der Waals surface area contributed by atoms with Crippen molar-refractivity contribution >= 4 is 0 Å². The molecule has 0 unspecified atom stereocenters. The summed E-state index contributed by atoms with van der Waals surface area (Å²) >= 11 is 0. The molecule has 0 fully saturated rings. The molecule has 0 spiro atoms. The Balaban J connectivity index is 1.91. The topological polar surface area (TPSA) is 0 Å². The molecular weight excluding hydrogens is 288 g/mol. The van der Waals surface area contributed by atoms with Gasteiger partial charge in [0.2, 0.25) is 0 Å². The van der Waals surface area contributed by atoms with Crippen LogP contribution in [-0.2, 0) is 12.8 Å². The summed E-state index contributed by atoms with van der Waals surface area (Å²) in [5.41, 5.74) is 4.96. The Morgan fingerprint density at radius 3 is 1.79 bits per heavy atom. The second-order valence-electron chi connectivity index (χ2n) is 6.21. The molecular formula is C24H28. The molecule has 124 valence electrons. The van der Waals surface area contributed by atoms with Crippen molar-refractivity contribution in [1.29, 1.82) is 0 Å². The minimum absolute atomic E-state index is 1.08. The Kier molecular flexibility index (Phi) is 7.91. The van der Waals surface area contributed by atoms with Gasteiger partial charge >= 0.3 is 0 Å². The van der Waals surface area contributed by atoms with Crippen LogP contribution in [0.15, 0.2) is 60.7 Å². The van der Waals surface area contributed by atoms with E-state index >= 15 is 0 Å². The SMILES string of the molecule is C/C=C/CCc1ccc(C#Cc2ccc(CCCCC)cc2)cc1. The molecule has 0 bridgehead atoms. The first kappa shape index (κ1) is 18.1. The van der Waals surface area contributed by atoms with Crippen LogP contribution in [0.5, 0.6) is 0 Å². The van der Waals surface area contributed by atoms with Gasteiger partial charge in [0.1, 0.15) is 0 Å². The largest absolute Gasteiger partial charge is 0.0917 e. The van der Waals surface area contributed by atoms with Crippen LogP contribution in [-0.4, -0.2) is 0 Å². The number of unbranched alkanes of at least 4 members (excludes halogenated alkanes) is 2. The molecule has 0 heteroatoms. The van der Waals surface area contributed by atoms with Crippen molar-refractivity contribution in [1.82, 2.24) is 0 Å². The monoisotopic (exact) mass is 316 g/mol. The van der Waals surface area contributed by atoms with Crippen molar-refractivity contribution in [3.63, 3.8) is 0 Å². The highest BCUT2D eigenvalue weighted by atomic mass is 14.0. The molecule has 0 amide bonds. The summed E-state index contributed by atoms with van der Waals surface area (Å²) in [5, 5.41) is 0. The average Bonchev–Trinajstić information content (AvgIpc) is 2.63. The lowest BCUT2D eigenvalue weighted by Crippen LogP contribution is -1.86. The van der Waals surface area contributed by atoms with E-state index in [9.17, 15) is 0 Å². The van der Waals surface area contributed by atoms with E-state index < -0.39 is 0 Å². The highest BCUT2D eigenvalue weighted by molar-refractivity contribution is 5.44. The molecule has 0 heterocycles. The fourth-order valence-electron chi connectivity index (χ4n) is 2.65. The van der Waals surface area contributed by atoms with Gasteiger partial charge in [0.25, 0.3) is 0 Å². The van der Waals surface area contributed by atoms with Gasteiger partial charge in [0.15, 0.2) is 0 Å². The first-order valence-electron chi connectivity index (χ1n) is 9.13. The summed E-state index contributed by atoms with van der Waals surface area (Å²) in [5.74, 6) is 6.53. The van der Waals surface area contributed by atoms with Crippen molar-refractivity contribution in [2.24, 2.45) is 0 Å². The fourth-order valence-corrected chi connectivity index (χ4v) is 2.65. The zero-order valence-corrected chi connectivity index (χ0v) is 15.0. The third kappa shape index (κ3) is 6.47. The molecule has 0 atom stereocenters. The standard InChI is InChI=1S/C24H28/c1-3-5-7-9-21-11-15-23(16-12-21)19-20-24-17-13-22(14-18-24)10-8-6-4-2/h3,5,11-18H,4,6-10H2,1-2H3/b5-3+. The Bertz CT molecular complexity index is 676. The van der Waals surface area contributed by atoms with Gasteiger partial charge < -0.3 is 0 Å². The summed E-state index contributed by atoms with van der Waals surface area (Å²) in [6, 6.07) is 17.3.